The molecule has 0 radical (unpaired) electrons. The summed E-state index contributed by atoms with van der Waals surface area (Å²) in [6.07, 6.45) is 0.950. The number of thiophene rings is 1. The monoisotopic (exact) mass is 227 g/mol. The van der Waals surface area contributed by atoms with Crippen LogP contribution >= 0.6 is 11.3 Å². The highest BCUT2D eigenvalue weighted by molar-refractivity contribution is 7.14. The molecule has 2 N–H and O–H groups in total. The molecule has 84 valence electrons. The third kappa shape index (κ3) is 3.04. The van der Waals surface area contributed by atoms with Crippen molar-refractivity contribution < 1.29 is 9.90 Å². The maximum Gasteiger partial charge on any atom is 0.261 e. The van der Waals surface area contributed by atoms with Gasteiger partial charge in [-0.25, -0.2) is 0 Å². The molecule has 0 spiro atoms. The van der Waals surface area contributed by atoms with Crippen LogP contribution in [-0.2, 0) is 6.42 Å². The standard InChI is InChI=1S/C11H17NO2S/c1-4-9-5-10(15-8(9)3)11(14)12-7(2)6-13/h5,7,13H,4,6H2,1-3H3,(H,12,14)/t7-/m1/s1. The molecule has 15 heavy (non-hydrogen) atoms. The highest BCUT2D eigenvalue weighted by Crippen LogP contribution is 2.21. The predicted octanol–water partition coefficient (Wildman–Crippen LogP) is 1.73. The maximum atomic E-state index is 11.7. The number of hydrogen-bond acceptors (Lipinski definition) is 3. The van der Waals surface area contributed by atoms with E-state index in [-0.39, 0.29) is 18.6 Å². The van der Waals surface area contributed by atoms with Crippen LogP contribution in [0, 0.1) is 6.92 Å². The van der Waals surface area contributed by atoms with Gasteiger partial charge in [0.2, 0.25) is 0 Å². The number of rotatable bonds is 4. The first-order valence-corrected chi connectivity index (χ1v) is 5.91. The zero-order chi connectivity index (χ0) is 11.4. The summed E-state index contributed by atoms with van der Waals surface area (Å²) in [5.41, 5.74) is 1.22. The van der Waals surface area contributed by atoms with Crippen LogP contribution in [0.4, 0.5) is 0 Å². The van der Waals surface area contributed by atoms with Crippen molar-refractivity contribution in [1.29, 1.82) is 0 Å². The molecule has 0 aromatic carbocycles. The second-order valence-electron chi connectivity index (χ2n) is 3.60. The Morgan fingerprint density at radius 2 is 2.33 bits per heavy atom. The Balaban J connectivity index is 2.74. The zero-order valence-corrected chi connectivity index (χ0v) is 10.1. The highest BCUT2D eigenvalue weighted by Gasteiger charge is 2.13. The van der Waals surface area contributed by atoms with Crippen molar-refractivity contribution in [3.63, 3.8) is 0 Å². The molecule has 0 saturated carbocycles. The lowest BCUT2D eigenvalue weighted by Gasteiger charge is -2.08. The van der Waals surface area contributed by atoms with Crippen LogP contribution in [0.25, 0.3) is 0 Å². The van der Waals surface area contributed by atoms with E-state index < -0.39 is 0 Å². The lowest BCUT2D eigenvalue weighted by molar-refractivity contribution is 0.0926. The average Bonchev–Trinajstić information content (AvgIpc) is 2.59. The van der Waals surface area contributed by atoms with Gasteiger partial charge >= 0.3 is 0 Å². The maximum absolute atomic E-state index is 11.7. The number of aliphatic hydroxyl groups excluding tert-OH is 1. The summed E-state index contributed by atoms with van der Waals surface area (Å²) in [5.74, 6) is -0.0932. The van der Waals surface area contributed by atoms with Gasteiger partial charge in [0.25, 0.3) is 5.91 Å². The summed E-state index contributed by atoms with van der Waals surface area (Å²) >= 11 is 1.51. The Morgan fingerprint density at radius 3 is 2.80 bits per heavy atom. The first-order valence-electron chi connectivity index (χ1n) is 5.09. The SMILES string of the molecule is CCc1cc(C(=O)N[C@H](C)CO)sc1C. The first kappa shape index (κ1) is 12.2. The molecule has 0 aliphatic rings. The van der Waals surface area contributed by atoms with Crippen LogP contribution in [0.1, 0.15) is 34.0 Å². The van der Waals surface area contributed by atoms with Gasteiger partial charge < -0.3 is 10.4 Å². The molecule has 0 aliphatic heterocycles. The van der Waals surface area contributed by atoms with Gasteiger partial charge in [-0.3, -0.25) is 4.79 Å². The minimum atomic E-state index is -0.190. The number of amides is 1. The second-order valence-corrected chi connectivity index (χ2v) is 4.86. The van der Waals surface area contributed by atoms with Gasteiger partial charge in [0.15, 0.2) is 0 Å². The fraction of sp³-hybridized carbons (Fsp3) is 0.545. The summed E-state index contributed by atoms with van der Waals surface area (Å²) in [5, 5.41) is 11.6. The number of aliphatic hydroxyl groups is 1. The van der Waals surface area contributed by atoms with E-state index in [1.807, 2.05) is 13.0 Å². The normalized spacial score (nSPS) is 12.5. The molecular weight excluding hydrogens is 210 g/mol. The topological polar surface area (TPSA) is 49.3 Å². The van der Waals surface area contributed by atoms with Crippen LogP contribution in [0.2, 0.25) is 0 Å². The van der Waals surface area contributed by atoms with Gasteiger partial charge in [-0.1, -0.05) is 6.92 Å². The van der Waals surface area contributed by atoms with Gasteiger partial charge in [0.1, 0.15) is 0 Å². The molecule has 0 bridgehead atoms. The largest absolute Gasteiger partial charge is 0.394 e. The third-order valence-corrected chi connectivity index (χ3v) is 3.37. The van der Waals surface area contributed by atoms with Crippen LogP contribution < -0.4 is 5.32 Å². The molecule has 1 heterocycles. The molecule has 0 unspecified atom stereocenters. The van der Waals surface area contributed by atoms with Gasteiger partial charge in [-0.2, -0.15) is 0 Å². The Labute approximate surface area is 94.1 Å². The molecule has 4 heteroatoms. The second kappa shape index (κ2) is 5.28. The van der Waals surface area contributed by atoms with Crippen LogP contribution in [-0.4, -0.2) is 23.7 Å². The molecule has 1 aromatic heterocycles. The Kier molecular flexibility index (Phi) is 4.29. The van der Waals surface area contributed by atoms with E-state index in [1.54, 1.807) is 6.92 Å². The molecule has 1 amide bonds. The number of carbonyl (C=O) groups excluding carboxylic acids is 1. The number of aryl methyl sites for hydroxylation is 2. The molecule has 1 aromatic rings. The van der Waals surface area contributed by atoms with Crippen molar-refractivity contribution in [2.75, 3.05) is 6.61 Å². The zero-order valence-electron chi connectivity index (χ0n) is 9.33. The minimum absolute atomic E-state index is 0.0310. The lowest BCUT2D eigenvalue weighted by atomic mass is 10.2. The molecule has 3 nitrogen and oxygen atoms in total. The summed E-state index contributed by atoms with van der Waals surface area (Å²) in [4.78, 5) is 13.6. The lowest BCUT2D eigenvalue weighted by Crippen LogP contribution is -2.34. The van der Waals surface area contributed by atoms with Crippen molar-refractivity contribution in [3.8, 4) is 0 Å². The molecule has 0 saturated heterocycles. The Hall–Kier alpha value is -0.870. The van der Waals surface area contributed by atoms with E-state index in [0.717, 1.165) is 11.3 Å². The van der Waals surface area contributed by atoms with E-state index in [9.17, 15) is 4.79 Å². The molecular formula is C11H17NO2S. The van der Waals surface area contributed by atoms with E-state index in [0.29, 0.717) is 0 Å². The summed E-state index contributed by atoms with van der Waals surface area (Å²) in [6, 6.07) is 1.74. The fourth-order valence-corrected chi connectivity index (χ4v) is 2.34. The predicted molar refractivity (Wildman–Crippen MR) is 62.4 cm³/mol. The van der Waals surface area contributed by atoms with Crippen molar-refractivity contribution in [2.45, 2.75) is 33.2 Å². The number of carbonyl (C=O) groups is 1. The van der Waals surface area contributed by atoms with E-state index >= 15 is 0 Å². The van der Waals surface area contributed by atoms with Gasteiger partial charge in [0, 0.05) is 10.9 Å². The van der Waals surface area contributed by atoms with Gasteiger partial charge in [-0.15, -0.1) is 11.3 Å². The van der Waals surface area contributed by atoms with Crippen molar-refractivity contribution >= 4 is 17.2 Å². The van der Waals surface area contributed by atoms with Crippen molar-refractivity contribution in [1.82, 2.24) is 5.32 Å². The van der Waals surface area contributed by atoms with E-state index in [1.165, 1.54) is 21.8 Å². The fourth-order valence-electron chi connectivity index (χ4n) is 1.32. The van der Waals surface area contributed by atoms with Crippen LogP contribution in [0.15, 0.2) is 6.07 Å². The summed E-state index contributed by atoms with van der Waals surface area (Å²) in [6.45, 7) is 5.85. The van der Waals surface area contributed by atoms with Crippen LogP contribution in [0.3, 0.4) is 0 Å². The minimum Gasteiger partial charge on any atom is -0.394 e. The van der Waals surface area contributed by atoms with E-state index in [4.69, 9.17) is 5.11 Å². The van der Waals surface area contributed by atoms with Crippen LogP contribution in [0.5, 0.6) is 0 Å². The summed E-state index contributed by atoms with van der Waals surface area (Å²) < 4.78 is 0. The van der Waals surface area contributed by atoms with Crippen molar-refractivity contribution in [3.05, 3.63) is 21.4 Å². The molecule has 0 aliphatic carbocycles. The Bertz CT molecular complexity index is 346. The molecule has 0 fully saturated rings. The van der Waals surface area contributed by atoms with Crippen molar-refractivity contribution in [2.24, 2.45) is 0 Å². The smallest absolute Gasteiger partial charge is 0.261 e. The van der Waals surface area contributed by atoms with E-state index in [2.05, 4.69) is 12.2 Å². The Morgan fingerprint density at radius 1 is 1.67 bits per heavy atom. The van der Waals surface area contributed by atoms with Gasteiger partial charge in [0.05, 0.1) is 11.5 Å². The average molecular weight is 227 g/mol. The summed E-state index contributed by atoms with van der Waals surface area (Å²) in [7, 11) is 0. The number of hydrogen-bond donors (Lipinski definition) is 2. The number of nitrogens with one attached hydrogen (secondary N) is 1. The highest BCUT2D eigenvalue weighted by atomic mass is 32.1. The van der Waals surface area contributed by atoms with Gasteiger partial charge in [-0.05, 0) is 31.9 Å². The molecule has 1 atom stereocenters. The first-order chi connectivity index (χ1) is 7.08. The quantitative estimate of drug-likeness (QED) is 0.823. The third-order valence-electron chi connectivity index (χ3n) is 2.28. The molecule has 1 rings (SSSR count).